The number of halogens is 1. The van der Waals surface area contributed by atoms with Crippen LogP contribution in [0.3, 0.4) is 0 Å². The Morgan fingerprint density at radius 3 is 2.63 bits per heavy atom. The third-order valence-corrected chi connectivity index (χ3v) is 5.25. The summed E-state index contributed by atoms with van der Waals surface area (Å²) in [5, 5.41) is 0. The van der Waals surface area contributed by atoms with Gasteiger partial charge in [-0.3, -0.25) is 0 Å². The minimum Gasteiger partial charge on any atom is -0.353 e. The van der Waals surface area contributed by atoms with Crippen molar-refractivity contribution < 1.29 is 8.42 Å². The molecule has 0 fully saturated rings. The first-order valence-electron chi connectivity index (χ1n) is 5.76. The quantitative estimate of drug-likeness (QED) is 0.928. The van der Waals surface area contributed by atoms with Crippen molar-refractivity contribution in [2.45, 2.75) is 18.4 Å². The molecule has 0 unspecified atom stereocenters. The van der Waals surface area contributed by atoms with Gasteiger partial charge in [-0.2, -0.15) is 0 Å². The van der Waals surface area contributed by atoms with Gasteiger partial charge in [0.15, 0.2) is 0 Å². The van der Waals surface area contributed by atoms with Crippen LogP contribution in [0.25, 0.3) is 0 Å². The molecule has 0 aliphatic heterocycles. The molecule has 0 amide bonds. The Morgan fingerprint density at radius 2 is 2.05 bits per heavy atom. The van der Waals surface area contributed by atoms with Crippen molar-refractivity contribution >= 4 is 26.0 Å². The first-order chi connectivity index (χ1) is 8.90. The molecular formula is C13H15BrN2O2S. The Kier molecular flexibility index (Phi) is 4.13. The van der Waals surface area contributed by atoms with Gasteiger partial charge in [0.1, 0.15) is 0 Å². The third-order valence-electron chi connectivity index (χ3n) is 2.87. The second-order valence-electron chi connectivity index (χ2n) is 4.37. The van der Waals surface area contributed by atoms with Crippen molar-refractivity contribution in [2.75, 3.05) is 0 Å². The highest BCUT2D eigenvalue weighted by atomic mass is 79.9. The Morgan fingerprint density at radius 1 is 1.32 bits per heavy atom. The second-order valence-corrected chi connectivity index (χ2v) is 6.96. The van der Waals surface area contributed by atoms with E-state index in [1.54, 1.807) is 18.2 Å². The number of aromatic nitrogens is 1. The average molecular weight is 343 g/mol. The Balaban J connectivity index is 2.21. The lowest BCUT2D eigenvalue weighted by atomic mass is 10.2. The molecule has 0 atom stereocenters. The number of hydrogen-bond donors (Lipinski definition) is 1. The lowest BCUT2D eigenvalue weighted by molar-refractivity contribution is 0.578. The molecule has 6 heteroatoms. The molecule has 1 aromatic heterocycles. The van der Waals surface area contributed by atoms with Gasteiger partial charge in [0.05, 0.1) is 11.4 Å². The summed E-state index contributed by atoms with van der Waals surface area (Å²) < 4.78 is 29.5. The van der Waals surface area contributed by atoms with E-state index in [-0.39, 0.29) is 11.4 Å². The van der Waals surface area contributed by atoms with Gasteiger partial charge in [0.25, 0.3) is 0 Å². The molecule has 0 aliphatic rings. The predicted molar refractivity (Wildman–Crippen MR) is 78.3 cm³/mol. The van der Waals surface area contributed by atoms with Gasteiger partial charge < -0.3 is 4.57 Å². The van der Waals surface area contributed by atoms with Crippen LogP contribution in [-0.4, -0.2) is 13.0 Å². The monoisotopic (exact) mass is 342 g/mol. The zero-order valence-corrected chi connectivity index (χ0v) is 13.1. The molecule has 0 bridgehead atoms. The lowest BCUT2D eigenvalue weighted by Gasteiger charge is -2.09. The zero-order chi connectivity index (χ0) is 14.0. The van der Waals surface area contributed by atoms with Crippen molar-refractivity contribution in [3.05, 3.63) is 52.3 Å². The summed E-state index contributed by atoms with van der Waals surface area (Å²) in [5.41, 5.74) is 1.92. The number of aryl methyl sites for hydroxylation is 2. The maximum absolute atomic E-state index is 12.2. The SMILES string of the molecule is Cc1ccc(S(=O)(=O)NCc2cccn2C)c(Br)c1. The van der Waals surface area contributed by atoms with Crippen LogP contribution in [0.4, 0.5) is 0 Å². The molecule has 0 saturated heterocycles. The standard InChI is InChI=1S/C13H15BrN2O2S/c1-10-5-6-13(12(14)8-10)19(17,18)15-9-11-4-3-7-16(11)2/h3-8,15H,9H2,1-2H3. The summed E-state index contributed by atoms with van der Waals surface area (Å²) in [6.07, 6.45) is 1.88. The molecule has 4 nitrogen and oxygen atoms in total. The van der Waals surface area contributed by atoms with Crippen molar-refractivity contribution in [3.8, 4) is 0 Å². The summed E-state index contributed by atoms with van der Waals surface area (Å²) in [5.74, 6) is 0. The molecule has 0 aliphatic carbocycles. The van der Waals surface area contributed by atoms with Gasteiger partial charge in [-0.15, -0.1) is 0 Å². The molecular weight excluding hydrogens is 328 g/mol. The number of nitrogens with zero attached hydrogens (tertiary/aromatic N) is 1. The summed E-state index contributed by atoms with van der Waals surface area (Å²) in [6.45, 7) is 2.19. The maximum Gasteiger partial charge on any atom is 0.242 e. The highest BCUT2D eigenvalue weighted by Gasteiger charge is 2.17. The summed E-state index contributed by atoms with van der Waals surface area (Å²) >= 11 is 3.29. The molecule has 0 spiro atoms. The van der Waals surface area contributed by atoms with E-state index in [1.807, 2.05) is 36.9 Å². The molecule has 19 heavy (non-hydrogen) atoms. The van der Waals surface area contributed by atoms with E-state index >= 15 is 0 Å². The molecule has 2 aromatic rings. The van der Waals surface area contributed by atoms with Gasteiger partial charge in [-0.05, 0) is 52.7 Å². The molecule has 1 heterocycles. The predicted octanol–water partition coefficient (Wildman–Crippen LogP) is 2.57. The van der Waals surface area contributed by atoms with E-state index in [9.17, 15) is 8.42 Å². The van der Waals surface area contributed by atoms with Crippen LogP contribution in [0.5, 0.6) is 0 Å². The van der Waals surface area contributed by atoms with Gasteiger partial charge in [-0.25, -0.2) is 13.1 Å². The van der Waals surface area contributed by atoms with Crippen molar-refractivity contribution in [2.24, 2.45) is 7.05 Å². The molecule has 1 aromatic carbocycles. The van der Waals surface area contributed by atoms with Crippen molar-refractivity contribution in [1.29, 1.82) is 0 Å². The topological polar surface area (TPSA) is 51.1 Å². The van der Waals surface area contributed by atoms with Crippen LogP contribution >= 0.6 is 15.9 Å². The first-order valence-corrected chi connectivity index (χ1v) is 8.04. The number of rotatable bonds is 4. The normalized spacial score (nSPS) is 11.7. The van der Waals surface area contributed by atoms with E-state index < -0.39 is 10.0 Å². The van der Waals surface area contributed by atoms with Crippen LogP contribution in [-0.2, 0) is 23.6 Å². The van der Waals surface area contributed by atoms with Crippen LogP contribution in [0.15, 0.2) is 45.9 Å². The fraction of sp³-hybridized carbons (Fsp3) is 0.231. The average Bonchev–Trinajstić information content (AvgIpc) is 2.72. The van der Waals surface area contributed by atoms with Gasteiger partial charge in [0, 0.05) is 23.4 Å². The van der Waals surface area contributed by atoms with E-state index in [2.05, 4.69) is 20.7 Å². The van der Waals surface area contributed by atoms with Gasteiger partial charge in [0.2, 0.25) is 10.0 Å². The van der Waals surface area contributed by atoms with Crippen LogP contribution in [0.2, 0.25) is 0 Å². The molecule has 2 rings (SSSR count). The fourth-order valence-electron chi connectivity index (χ4n) is 1.75. The molecule has 1 N–H and O–H groups in total. The van der Waals surface area contributed by atoms with Gasteiger partial charge in [-0.1, -0.05) is 6.07 Å². The number of benzene rings is 1. The van der Waals surface area contributed by atoms with E-state index in [0.717, 1.165) is 11.3 Å². The highest BCUT2D eigenvalue weighted by Crippen LogP contribution is 2.23. The van der Waals surface area contributed by atoms with Crippen molar-refractivity contribution in [3.63, 3.8) is 0 Å². The Labute approximate surface area is 121 Å². The number of hydrogen-bond acceptors (Lipinski definition) is 2. The minimum atomic E-state index is -3.51. The Hall–Kier alpha value is -1.11. The van der Waals surface area contributed by atoms with Gasteiger partial charge >= 0.3 is 0 Å². The van der Waals surface area contributed by atoms with Crippen LogP contribution in [0.1, 0.15) is 11.3 Å². The largest absolute Gasteiger partial charge is 0.353 e. The smallest absolute Gasteiger partial charge is 0.242 e. The lowest BCUT2D eigenvalue weighted by Crippen LogP contribution is -2.24. The summed E-state index contributed by atoms with van der Waals surface area (Å²) in [7, 11) is -1.63. The number of sulfonamides is 1. The zero-order valence-electron chi connectivity index (χ0n) is 10.7. The van der Waals surface area contributed by atoms with E-state index in [0.29, 0.717) is 4.47 Å². The number of nitrogens with one attached hydrogen (secondary N) is 1. The van der Waals surface area contributed by atoms with E-state index in [4.69, 9.17) is 0 Å². The molecule has 102 valence electrons. The molecule has 0 radical (unpaired) electrons. The molecule has 0 saturated carbocycles. The minimum absolute atomic E-state index is 0.257. The first kappa shape index (κ1) is 14.3. The summed E-state index contributed by atoms with van der Waals surface area (Å²) in [4.78, 5) is 0.257. The Bertz CT molecular complexity index is 692. The maximum atomic E-state index is 12.2. The third kappa shape index (κ3) is 3.26. The van der Waals surface area contributed by atoms with Crippen molar-refractivity contribution in [1.82, 2.24) is 9.29 Å². The van der Waals surface area contributed by atoms with Crippen LogP contribution < -0.4 is 4.72 Å². The summed E-state index contributed by atoms with van der Waals surface area (Å²) in [6, 6.07) is 8.93. The van der Waals surface area contributed by atoms with E-state index in [1.165, 1.54) is 0 Å². The fourth-order valence-corrected chi connectivity index (χ4v) is 3.94. The highest BCUT2D eigenvalue weighted by molar-refractivity contribution is 9.10. The van der Waals surface area contributed by atoms with Crippen LogP contribution in [0, 0.1) is 6.92 Å². The second kappa shape index (κ2) is 5.48.